The average Bonchev–Trinajstić information content (AvgIpc) is 2.66. The number of nitrogens with two attached hydrogens (primary N) is 1. The van der Waals surface area contributed by atoms with E-state index in [1.807, 2.05) is 19.9 Å². The number of alkyl halides is 1. The highest BCUT2D eigenvalue weighted by Crippen LogP contribution is 2.27. The molecule has 5 heteroatoms. The maximum absolute atomic E-state index is 15.0. The summed E-state index contributed by atoms with van der Waals surface area (Å²) in [5, 5.41) is 6.35. The fourth-order valence-corrected chi connectivity index (χ4v) is 3.02. The molecule has 5 unspecified atom stereocenters. The van der Waals surface area contributed by atoms with Crippen molar-refractivity contribution in [2.24, 2.45) is 28.7 Å². The van der Waals surface area contributed by atoms with E-state index in [-0.39, 0.29) is 18.5 Å². The summed E-state index contributed by atoms with van der Waals surface area (Å²) in [7, 11) is 0. The second kappa shape index (κ2) is 14.6. The Morgan fingerprint density at radius 1 is 1.23 bits per heavy atom. The predicted molar refractivity (Wildman–Crippen MR) is 129 cm³/mol. The molecule has 0 aromatic rings. The summed E-state index contributed by atoms with van der Waals surface area (Å²) in [6, 6.07) is 0.0840. The molecule has 3 N–H and O–H groups in total. The number of nitrogens with one attached hydrogen (secondary N) is 1. The van der Waals surface area contributed by atoms with Crippen LogP contribution >= 0.6 is 0 Å². The molecule has 0 aliphatic carbocycles. The van der Waals surface area contributed by atoms with Crippen LogP contribution in [0.15, 0.2) is 40.6 Å². The minimum absolute atomic E-state index is 0.0569. The van der Waals surface area contributed by atoms with Crippen molar-refractivity contribution in [3.63, 3.8) is 0 Å². The van der Waals surface area contributed by atoms with Crippen molar-refractivity contribution < 1.29 is 4.39 Å². The highest BCUT2D eigenvalue weighted by Gasteiger charge is 2.23. The lowest BCUT2D eigenvalue weighted by atomic mass is 9.85. The first-order chi connectivity index (χ1) is 14.0. The third-order valence-corrected chi connectivity index (χ3v) is 6.15. The zero-order valence-electron chi connectivity index (χ0n) is 20.5. The number of nitroso groups, excluding NO2 is 1. The van der Waals surface area contributed by atoms with E-state index < -0.39 is 11.7 Å². The molecule has 0 aromatic heterocycles. The molecule has 174 valence electrons. The summed E-state index contributed by atoms with van der Waals surface area (Å²) >= 11 is 0. The Balaban J connectivity index is 5.20. The van der Waals surface area contributed by atoms with Gasteiger partial charge in [0.05, 0.1) is 5.54 Å². The topological polar surface area (TPSA) is 67.5 Å². The summed E-state index contributed by atoms with van der Waals surface area (Å²) < 4.78 is 15.0. The van der Waals surface area contributed by atoms with Crippen LogP contribution in [0.25, 0.3) is 0 Å². The van der Waals surface area contributed by atoms with Gasteiger partial charge in [-0.2, -0.15) is 4.91 Å². The minimum atomic E-state index is -0.858. The first-order valence-corrected chi connectivity index (χ1v) is 11.5. The number of allylic oxidation sites excluding steroid dienone is 3. The molecule has 0 aliphatic rings. The van der Waals surface area contributed by atoms with Crippen LogP contribution in [0.2, 0.25) is 0 Å². The van der Waals surface area contributed by atoms with Crippen LogP contribution in [0.4, 0.5) is 4.39 Å². The number of halogens is 1. The summed E-state index contributed by atoms with van der Waals surface area (Å²) in [4.78, 5) is 10.5. The standard InChI is InChI=1S/C25H46FN3O/c1-9-10-11-12-23(22(7)24(26)15-19(4)18(2)3)16-21(6)28-14-13-20(5)25(8,27)17-29-30/h11-13,16,18-19,21-22,24,28H,9-10,14-15,17,27H2,1-8H3/b12-11+,20-13+,23-16+. The van der Waals surface area contributed by atoms with Gasteiger partial charge in [-0.15, -0.1) is 0 Å². The van der Waals surface area contributed by atoms with Gasteiger partial charge in [0.1, 0.15) is 12.7 Å². The maximum atomic E-state index is 15.0. The first-order valence-electron chi connectivity index (χ1n) is 11.5. The summed E-state index contributed by atoms with van der Waals surface area (Å²) in [6.45, 7) is 17.0. The lowest BCUT2D eigenvalue weighted by molar-refractivity contribution is 0.202. The van der Waals surface area contributed by atoms with Crippen molar-refractivity contribution in [1.29, 1.82) is 0 Å². The van der Waals surface area contributed by atoms with Gasteiger partial charge in [0, 0.05) is 18.5 Å². The largest absolute Gasteiger partial charge is 0.320 e. The second-order valence-corrected chi connectivity index (χ2v) is 9.41. The van der Waals surface area contributed by atoms with E-state index in [0.717, 1.165) is 24.0 Å². The van der Waals surface area contributed by atoms with Gasteiger partial charge < -0.3 is 11.1 Å². The van der Waals surface area contributed by atoms with E-state index in [9.17, 15) is 4.91 Å². The van der Waals surface area contributed by atoms with Crippen molar-refractivity contribution in [1.82, 2.24) is 5.32 Å². The Bertz CT molecular complexity index is 581. The van der Waals surface area contributed by atoms with Crippen molar-refractivity contribution in [2.75, 3.05) is 13.1 Å². The van der Waals surface area contributed by atoms with Gasteiger partial charge in [-0.25, -0.2) is 4.39 Å². The quantitative estimate of drug-likeness (QED) is 0.184. The molecule has 0 saturated carbocycles. The molecule has 0 rings (SSSR count). The van der Waals surface area contributed by atoms with E-state index in [1.54, 1.807) is 6.92 Å². The van der Waals surface area contributed by atoms with Gasteiger partial charge in [-0.3, -0.25) is 0 Å². The smallest absolute Gasteiger partial charge is 0.107 e. The third-order valence-electron chi connectivity index (χ3n) is 6.15. The number of hydrogen-bond donors (Lipinski definition) is 2. The lowest BCUT2D eigenvalue weighted by Crippen LogP contribution is -2.41. The maximum Gasteiger partial charge on any atom is 0.107 e. The number of rotatable bonds is 15. The monoisotopic (exact) mass is 423 g/mol. The molecule has 0 amide bonds. The molecule has 0 spiro atoms. The Kier molecular flexibility index (Phi) is 14.0. The van der Waals surface area contributed by atoms with Gasteiger partial charge in [0.25, 0.3) is 0 Å². The Labute approximate surface area is 184 Å². The molecule has 0 aliphatic heterocycles. The van der Waals surface area contributed by atoms with Crippen LogP contribution in [-0.2, 0) is 0 Å². The molecule has 0 aromatic carbocycles. The minimum Gasteiger partial charge on any atom is -0.320 e. The van der Waals surface area contributed by atoms with E-state index in [1.165, 1.54) is 0 Å². The van der Waals surface area contributed by atoms with E-state index in [4.69, 9.17) is 5.73 Å². The third kappa shape index (κ3) is 11.2. The van der Waals surface area contributed by atoms with Crippen LogP contribution in [0.3, 0.4) is 0 Å². The molecular formula is C25H46FN3O. The van der Waals surface area contributed by atoms with Crippen LogP contribution in [0.1, 0.15) is 74.7 Å². The fraction of sp³-hybridized carbons (Fsp3) is 0.760. The van der Waals surface area contributed by atoms with Crippen molar-refractivity contribution in [3.05, 3.63) is 40.4 Å². The number of hydrogen-bond acceptors (Lipinski definition) is 4. The van der Waals surface area contributed by atoms with E-state index in [0.29, 0.717) is 24.8 Å². The summed E-state index contributed by atoms with van der Waals surface area (Å²) in [5.74, 6) is 0.696. The van der Waals surface area contributed by atoms with E-state index >= 15 is 4.39 Å². The van der Waals surface area contributed by atoms with Gasteiger partial charge in [0.15, 0.2) is 0 Å². The Hall–Kier alpha value is -1.33. The normalized spacial score (nSPS) is 19.6. The van der Waals surface area contributed by atoms with Crippen LogP contribution < -0.4 is 11.1 Å². The van der Waals surface area contributed by atoms with Gasteiger partial charge in [0.2, 0.25) is 0 Å². The van der Waals surface area contributed by atoms with Gasteiger partial charge in [-0.05, 0) is 51.0 Å². The molecule has 0 saturated heterocycles. The second-order valence-electron chi connectivity index (χ2n) is 9.41. The van der Waals surface area contributed by atoms with Crippen LogP contribution in [0.5, 0.6) is 0 Å². The number of unbranched alkanes of at least 4 members (excludes halogenated alkanes) is 1. The highest BCUT2D eigenvalue weighted by atomic mass is 19.1. The molecule has 4 nitrogen and oxygen atoms in total. The molecule has 5 atom stereocenters. The molecule has 30 heavy (non-hydrogen) atoms. The van der Waals surface area contributed by atoms with E-state index in [2.05, 4.69) is 63.3 Å². The van der Waals surface area contributed by atoms with Gasteiger partial charge >= 0.3 is 0 Å². The van der Waals surface area contributed by atoms with Gasteiger partial charge in [-0.1, -0.05) is 76.1 Å². The molecule has 0 radical (unpaired) electrons. The molecule has 0 fully saturated rings. The average molecular weight is 424 g/mol. The SMILES string of the molecule is CCC/C=C/C(=C\C(C)NC/C=C(\C)C(C)(N)CN=O)C(C)C(F)CC(C)C(C)C. The van der Waals surface area contributed by atoms with Crippen LogP contribution in [-0.4, -0.2) is 30.8 Å². The summed E-state index contributed by atoms with van der Waals surface area (Å²) in [5.41, 5.74) is 7.36. The first kappa shape index (κ1) is 28.7. The van der Waals surface area contributed by atoms with Crippen molar-refractivity contribution in [3.8, 4) is 0 Å². The Morgan fingerprint density at radius 3 is 2.40 bits per heavy atom. The molecular weight excluding hydrogens is 377 g/mol. The zero-order chi connectivity index (χ0) is 23.3. The van der Waals surface area contributed by atoms with Crippen molar-refractivity contribution >= 4 is 0 Å². The molecule has 0 heterocycles. The highest BCUT2D eigenvalue weighted by molar-refractivity contribution is 5.24. The Morgan fingerprint density at radius 2 is 1.87 bits per heavy atom. The fourth-order valence-electron chi connectivity index (χ4n) is 3.02. The zero-order valence-corrected chi connectivity index (χ0v) is 20.5. The van der Waals surface area contributed by atoms with Crippen LogP contribution in [0, 0.1) is 22.7 Å². The summed E-state index contributed by atoms with van der Waals surface area (Å²) in [6.07, 6.45) is 10.1. The van der Waals surface area contributed by atoms with Crippen molar-refractivity contribution in [2.45, 2.75) is 92.4 Å². The number of nitrogens with zero attached hydrogens (tertiary/aromatic N) is 1. The lowest BCUT2D eigenvalue weighted by Gasteiger charge is -2.24. The molecule has 0 bridgehead atoms. The predicted octanol–water partition coefficient (Wildman–Crippen LogP) is 6.33.